The number of aromatic nitrogens is 2. The first-order valence-corrected chi connectivity index (χ1v) is 5.77. The molecular formula is C14H11F2N3. The molecule has 3 nitrogen and oxygen atoms in total. The van der Waals surface area contributed by atoms with E-state index in [2.05, 4.69) is 4.98 Å². The van der Waals surface area contributed by atoms with Gasteiger partial charge in [0, 0.05) is 5.69 Å². The van der Waals surface area contributed by atoms with Crippen molar-refractivity contribution in [3.63, 3.8) is 0 Å². The van der Waals surface area contributed by atoms with Gasteiger partial charge in [-0.1, -0.05) is 17.7 Å². The average Bonchev–Trinajstić information content (AvgIpc) is 2.72. The number of halogens is 2. The van der Waals surface area contributed by atoms with Crippen LogP contribution < -0.4 is 5.73 Å². The lowest BCUT2D eigenvalue weighted by atomic mass is 10.2. The zero-order chi connectivity index (χ0) is 13.6. The van der Waals surface area contributed by atoms with Crippen molar-refractivity contribution in [3.05, 3.63) is 53.6 Å². The van der Waals surface area contributed by atoms with Gasteiger partial charge in [-0.15, -0.1) is 0 Å². The monoisotopic (exact) mass is 259 g/mol. The molecule has 0 aliphatic rings. The summed E-state index contributed by atoms with van der Waals surface area (Å²) in [6, 6.07) is 9.78. The van der Waals surface area contributed by atoms with E-state index in [4.69, 9.17) is 5.73 Å². The summed E-state index contributed by atoms with van der Waals surface area (Å²) in [6.07, 6.45) is 0. The molecule has 0 spiro atoms. The quantitative estimate of drug-likeness (QED) is 0.729. The molecule has 0 unspecified atom stereocenters. The van der Waals surface area contributed by atoms with Crippen LogP contribution in [0.4, 0.5) is 14.7 Å². The first-order chi connectivity index (χ1) is 9.08. The van der Waals surface area contributed by atoms with Gasteiger partial charge in [0.05, 0.1) is 5.52 Å². The first-order valence-electron chi connectivity index (χ1n) is 5.77. The van der Waals surface area contributed by atoms with Gasteiger partial charge in [0.15, 0.2) is 11.6 Å². The number of imidazole rings is 1. The van der Waals surface area contributed by atoms with Gasteiger partial charge in [0.2, 0.25) is 5.95 Å². The number of hydrogen-bond donors (Lipinski definition) is 1. The number of nitrogens with zero attached hydrogens (tertiary/aromatic N) is 2. The summed E-state index contributed by atoms with van der Waals surface area (Å²) in [5, 5.41) is 0. The molecular weight excluding hydrogens is 248 g/mol. The van der Waals surface area contributed by atoms with Crippen LogP contribution in [-0.4, -0.2) is 9.55 Å². The van der Waals surface area contributed by atoms with Crippen molar-refractivity contribution in [3.8, 4) is 5.69 Å². The summed E-state index contributed by atoms with van der Waals surface area (Å²) >= 11 is 0. The number of fused-ring (bicyclic) bond motifs is 1. The molecule has 0 saturated carbocycles. The van der Waals surface area contributed by atoms with Gasteiger partial charge in [-0.05, 0) is 31.2 Å². The predicted molar refractivity (Wildman–Crippen MR) is 70.1 cm³/mol. The molecule has 0 aliphatic carbocycles. The predicted octanol–water partition coefficient (Wildman–Crippen LogP) is 3.19. The van der Waals surface area contributed by atoms with E-state index in [-0.39, 0.29) is 11.5 Å². The minimum atomic E-state index is -0.942. The van der Waals surface area contributed by atoms with Crippen molar-refractivity contribution in [1.29, 1.82) is 0 Å². The Morgan fingerprint density at radius 1 is 1.05 bits per heavy atom. The van der Waals surface area contributed by atoms with Crippen molar-refractivity contribution in [2.24, 2.45) is 0 Å². The van der Waals surface area contributed by atoms with Crippen LogP contribution >= 0.6 is 0 Å². The van der Waals surface area contributed by atoms with E-state index in [0.717, 1.165) is 11.6 Å². The average molecular weight is 259 g/mol. The highest BCUT2D eigenvalue weighted by Gasteiger charge is 2.16. The highest BCUT2D eigenvalue weighted by molar-refractivity contribution is 5.81. The number of benzene rings is 2. The van der Waals surface area contributed by atoms with Crippen LogP contribution in [-0.2, 0) is 0 Å². The second kappa shape index (κ2) is 4.05. The Balaban J connectivity index is 2.37. The molecule has 0 bridgehead atoms. The molecule has 0 fully saturated rings. The zero-order valence-corrected chi connectivity index (χ0v) is 10.2. The molecule has 1 aromatic heterocycles. The fourth-order valence-corrected chi connectivity index (χ4v) is 2.08. The van der Waals surface area contributed by atoms with Crippen LogP contribution in [0.3, 0.4) is 0 Å². The molecule has 19 heavy (non-hydrogen) atoms. The van der Waals surface area contributed by atoms with Gasteiger partial charge < -0.3 is 5.73 Å². The Morgan fingerprint density at radius 3 is 2.42 bits per heavy atom. The molecule has 2 N–H and O–H groups in total. The Bertz CT molecular complexity index is 760. The zero-order valence-electron chi connectivity index (χ0n) is 10.2. The van der Waals surface area contributed by atoms with E-state index in [0.29, 0.717) is 11.2 Å². The molecule has 1 heterocycles. The molecule has 0 aliphatic heterocycles. The maximum atomic E-state index is 13.9. The molecule has 3 aromatic rings. The van der Waals surface area contributed by atoms with Crippen molar-refractivity contribution in [1.82, 2.24) is 9.55 Å². The number of nitrogen functional groups attached to an aromatic ring is 1. The van der Waals surface area contributed by atoms with Gasteiger partial charge in [0.25, 0.3) is 0 Å². The lowest BCUT2D eigenvalue weighted by Gasteiger charge is -2.07. The van der Waals surface area contributed by atoms with Crippen LogP contribution in [0.2, 0.25) is 0 Å². The van der Waals surface area contributed by atoms with Crippen LogP contribution in [0, 0.1) is 18.6 Å². The molecule has 0 saturated heterocycles. The smallest absolute Gasteiger partial charge is 0.206 e. The molecule has 0 amide bonds. The van der Waals surface area contributed by atoms with Crippen molar-refractivity contribution in [2.45, 2.75) is 6.92 Å². The van der Waals surface area contributed by atoms with E-state index in [1.165, 1.54) is 10.6 Å². The molecule has 0 radical (unpaired) electrons. The normalized spacial score (nSPS) is 11.1. The van der Waals surface area contributed by atoms with Crippen molar-refractivity contribution < 1.29 is 8.78 Å². The molecule has 5 heteroatoms. The molecule has 2 aromatic carbocycles. The second-order valence-electron chi connectivity index (χ2n) is 4.37. The standard InChI is InChI=1S/C14H11F2N3/c1-8-2-4-9(5-3-8)19-13-11(18-14(19)17)7-6-10(15)12(13)16/h2-7H,1H3,(H2,17,18). The summed E-state index contributed by atoms with van der Waals surface area (Å²) in [6.45, 7) is 1.94. The third-order valence-electron chi connectivity index (χ3n) is 3.03. The van der Waals surface area contributed by atoms with Crippen LogP contribution in [0.15, 0.2) is 36.4 Å². The topological polar surface area (TPSA) is 43.8 Å². The van der Waals surface area contributed by atoms with E-state index in [9.17, 15) is 8.78 Å². The molecule has 0 atom stereocenters. The fraction of sp³-hybridized carbons (Fsp3) is 0.0714. The number of nitrogens with two attached hydrogens (primary N) is 1. The van der Waals surface area contributed by atoms with Gasteiger partial charge in [-0.2, -0.15) is 0 Å². The van der Waals surface area contributed by atoms with Crippen LogP contribution in [0.1, 0.15) is 5.56 Å². The van der Waals surface area contributed by atoms with Crippen LogP contribution in [0.5, 0.6) is 0 Å². The maximum absolute atomic E-state index is 13.9. The highest BCUT2D eigenvalue weighted by atomic mass is 19.2. The minimum Gasteiger partial charge on any atom is -0.369 e. The van der Waals surface area contributed by atoms with Crippen LogP contribution in [0.25, 0.3) is 16.7 Å². The lowest BCUT2D eigenvalue weighted by molar-refractivity contribution is 0.514. The van der Waals surface area contributed by atoms with Gasteiger partial charge in [-0.3, -0.25) is 4.57 Å². The maximum Gasteiger partial charge on any atom is 0.206 e. The third-order valence-corrected chi connectivity index (χ3v) is 3.03. The van der Waals surface area contributed by atoms with Gasteiger partial charge in [0.1, 0.15) is 5.52 Å². The second-order valence-corrected chi connectivity index (χ2v) is 4.37. The Morgan fingerprint density at radius 2 is 1.74 bits per heavy atom. The summed E-state index contributed by atoms with van der Waals surface area (Å²) in [5.41, 5.74) is 7.91. The number of hydrogen-bond acceptors (Lipinski definition) is 2. The molecule has 96 valence electrons. The Kier molecular flexibility index (Phi) is 2.48. The number of rotatable bonds is 1. The van der Waals surface area contributed by atoms with Gasteiger partial charge >= 0.3 is 0 Å². The SMILES string of the molecule is Cc1ccc(-n2c(N)nc3ccc(F)c(F)c32)cc1. The largest absolute Gasteiger partial charge is 0.369 e. The number of aryl methyl sites for hydroxylation is 1. The first kappa shape index (κ1) is 11.6. The Hall–Kier alpha value is -2.43. The summed E-state index contributed by atoms with van der Waals surface area (Å²) < 4.78 is 28.7. The Labute approximate surface area is 108 Å². The van der Waals surface area contributed by atoms with E-state index in [1.54, 1.807) is 12.1 Å². The lowest BCUT2D eigenvalue weighted by Crippen LogP contribution is -2.02. The fourth-order valence-electron chi connectivity index (χ4n) is 2.08. The van der Waals surface area contributed by atoms with Crippen molar-refractivity contribution >= 4 is 17.0 Å². The van der Waals surface area contributed by atoms with E-state index < -0.39 is 11.6 Å². The number of anilines is 1. The highest BCUT2D eigenvalue weighted by Crippen LogP contribution is 2.26. The summed E-state index contributed by atoms with van der Waals surface area (Å²) in [7, 11) is 0. The molecule has 3 rings (SSSR count). The van der Waals surface area contributed by atoms with E-state index >= 15 is 0 Å². The van der Waals surface area contributed by atoms with Gasteiger partial charge in [-0.25, -0.2) is 13.8 Å². The third kappa shape index (κ3) is 1.74. The minimum absolute atomic E-state index is 0.0568. The van der Waals surface area contributed by atoms with Crippen molar-refractivity contribution in [2.75, 3.05) is 5.73 Å². The summed E-state index contributed by atoms with van der Waals surface area (Å²) in [5.74, 6) is -1.73. The van der Waals surface area contributed by atoms with E-state index in [1.807, 2.05) is 19.1 Å². The summed E-state index contributed by atoms with van der Waals surface area (Å²) in [4.78, 5) is 4.05.